The van der Waals surface area contributed by atoms with E-state index in [0.717, 1.165) is 31.2 Å². The van der Waals surface area contributed by atoms with E-state index in [1.807, 2.05) is 13.8 Å². The second kappa shape index (κ2) is 6.27. The van der Waals surface area contributed by atoms with Crippen molar-refractivity contribution in [1.82, 2.24) is 10.2 Å². The van der Waals surface area contributed by atoms with Crippen LogP contribution in [-0.4, -0.2) is 30.6 Å². The summed E-state index contributed by atoms with van der Waals surface area (Å²) in [5, 5.41) is 3.71. The molecular formula is C16H24N2O. The van der Waals surface area contributed by atoms with E-state index >= 15 is 0 Å². The Morgan fingerprint density at radius 3 is 2.68 bits per heavy atom. The molecular weight excluding hydrogens is 236 g/mol. The summed E-state index contributed by atoms with van der Waals surface area (Å²) in [6.07, 6.45) is 7.69. The fraction of sp³-hybridized carbons (Fsp3) is 0.625. The number of terminal acetylenes is 1. The largest absolute Gasteiger partial charge is 0.466 e. The van der Waals surface area contributed by atoms with Crippen molar-refractivity contribution in [1.29, 1.82) is 0 Å². The van der Waals surface area contributed by atoms with E-state index in [2.05, 4.69) is 29.1 Å². The van der Waals surface area contributed by atoms with Gasteiger partial charge in [0, 0.05) is 30.7 Å². The second-order valence-electron chi connectivity index (χ2n) is 5.51. The van der Waals surface area contributed by atoms with Crippen molar-refractivity contribution in [3.05, 3.63) is 23.2 Å². The molecule has 0 bridgehead atoms. The molecule has 2 heterocycles. The number of aryl methyl sites for hydroxylation is 2. The van der Waals surface area contributed by atoms with E-state index in [1.54, 1.807) is 0 Å². The SMILES string of the molecule is C#CCN1CCC(NC(C)c2cc(C)oc2C)CC1. The van der Waals surface area contributed by atoms with Gasteiger partial charge in [-0.05, 0) is 39.7 Å². The first-order valence-electron chi connectivity index (χ1n) is 7.09. The number of nitrogens with one attached hydrogen (secondary N) is 1. The van der Waals surface area contributed by atoms with Crippen LogP contribution in [-0.2, 0) is 0 Å². The molecule has 1 aromatic rings. The Balaban J connectivity index is 1.86. The van der Waals surface area contributed by atoms with Gasteiger partial charge < -0.3 is 9.73 Å². The lowest BCUT2D eigenvalue weighted by atomic mass is 10.0. The van der Waals surface area contributed by atoms with Crippen LogP contribution in [0.3, 0.4) is 0 Å². The van der Waals surface area contributed by atoms with Gasteiger partial charge in [0.05, 0.1) is 6.54 Å². The molecule has 1 aliphatic heterocycles. The van der Waals surface area contributed by atoms with Crippen LogP contribution in [0.25, 0.3) is 0 Å². The third-order valence-corrected chi connectivity index (χ3v) is 3.93. The average molecular weight is 260 g/mol. The molecule has 1 N–H and O–H groups in total. The number of hydrogen-bond acceptors (Lipinski definition) is 3. The van der Waals surface area contributed by atoms with Gasteiger partial charge >= 0.3 is 0 Å². The minimum absolute atomic E-state index is 0.349. The third-order valence-electron chi connectivity index (χ3n) is 3.93. The van der Waals surface area contributed by atoms with Crippen LogP contribution >= 0.6 is 0 Å². The van der Waals surface area contributed by atoms with Crippen molar-refractivity contribution in [3.8, 4) is 12.3 Å². The smallest absolute Gasteiger partial charge is 0.105 e. The summed E-state index contributed by atoms with van der Waals surface area (Å²) in [5.74, 6) is 4.74. The van der Waals surface area contributed by atoms with Crippen LogP contribution < -0.4 is 5.32 Å². The van der Waals surface area contributed by atoms with Gasteiger partial charge in [0.25, 0.3) is 0 Å². The van der Waals surface area contributed by atoms with E-state index in [0.29, 0.717) is 12.1 Å². The first-order valence-corrected chi connectivity index (χ1v) is 7.09. The molecule has 1 fully saturated rings. The molecule has 1 unspecified atom stereocenters. The van der Waals surface area contributed by atoms with E-state index < -0.39 is 0 Å². The summed E-state index contributed by atoms with van der Waals surface area (Å²) in [6.45, 7) is 9.22. The lowest BCUT2D eigenvalue weighted by Crippen LogP contribution is -2.43. The maximum atomic E-state index is 5.60. The van der Waals surface area contributed by atoms with Gasteiger partial charge in [-0.1, -0.05) is 5.92 Å². The molecule has 1 atom stereocenters. The minimum atomic E-state index is 0.349. The lowest BCUT2D eigenvalue weighted by molar-refractivity contribution is 0.211. The second-order valence-corrected chi connectivity index (χ2v) is 5.51. The van der Waals surface area contributed by atoms with Crippen LogP contribution in [0, 0.1) is 26.2 Å². The normalized spacial score (nSPS) is 19.3. The molecule has 0 radical (unpaired) electrons. The predicted molar refractivity (Wildman–Crippen MR) is 78.0 cm³/mol. The predicted octanol–water partition coefficient (Wildman–Crippen LogP) is 2.64. The topological polar surface area (TPSA) is 28.4 Å². The summed E-state index contributed by atoms with van der Waals surface area (Å²) in [6, 6.07) is 3.07. The molecule has 2 rings (SSSR count). The summed E-state index contributed by atoms with van der Waals surface area (Å²) in [4.78, 5) is 2.34. The molecule has 0 aliphatic carbocycles. The number of furan rings is 1. The molecule has 3 heteroatoms. The zero-order valence-corrected chi connectivity index (χ0v) is 12.2. The van der Waals surface area contributed by atoms with Gasteiger partial charge in [-0.15, -0.1) is 6.42 Å². The highest BCUT2D eigenvalue weighted by atomic mass is 16.3. The standard InChI is InChI=1S/C16H24N2O/c1-5-8-18-9-6-15(7-10-18)17-13(3)16-11-12(2)19-14(16)4/h1,11,13,15,17H,6-10H2,2-4H3. The molecule has 0 saturated carbocycles. The molecule has 19 heavy (non-hydrogen) atoms. The van der Waals surface area contributed by atoms with Crippen molar-refractivity contribution >= 4 is 0 Å². The van der Waals surface area contributed by atoms with E-state index in [-0.39, 0.29) is 0 Å². The summed E-state index contributed by atoms with van der Waals surface area (Å²) >= 11 is 0. The van der Waals surface area contributed by atoms with Crippen LogP contribution in [0.1, 0.15) is 42.9 Å². The van der Waals surface area contributed by atoms with Crippen LogP contribution in [0.5, 0.6) is 0 Å². The fourth-order valence-electron chi connectivity index (χ4n) is 2.91. The molecule has 3 nitrogen and oxygen atoms in total. The quantitative estimate of drug-likeness (QED) is 0.844. The minimum Gasteiger partial charge on any atom is -0.466 e. The molecule has 1 aliphatic rings. The van der Waals surface area contributed by atoms with Gasteiger partial charge in [-0.25, -0.2) is 0 Å². The Kier molecular flexibility index (Phi) is 4.68. The first kappa shape index (κ1) is 14.2. The lowest BCUT2D eigenvalue weighted by Gasteiger charge is -2.32. The third kappa shape index (κ3) is 3.62. The number of rotatable bonds is 4. The molecule has 0 spiro atoms. The maximum Gasteiger partial charge on any atom is 0.105 e. The van der Waals surface area contributed by atoms with Crippen LogP contribution in [0.4, 0.5) is 0 Å². The summed E-state index contributed by atoms with van der Waals surface area (Å²) in [5.41, 5.74) is 1.28. The van der Waals surface area contributed by atoms with Gasteiger partial charge in [0.15, 0.2) is 0 Å². The van der Waals surface area contributed by atoms with Crippen molar-refractivity contribution < 1.29 is 4.42 Å². The van der Waals surface area contributed by atoms with Crippen LogP contribution in [0.2, 0.25) is 0 Å². The molecule has 1 saturated heterocycles. The molecule has 1 aromatic heterocycles. The van der Waals surface area contributed by atoms with Gasteiger partial charge in [-0.3, -0.25) is 4.90 Å². The van der Waals surface area contributed by atoms with Gasteiger partial charge in [0.1, 0.15) is 11.5 Å². The Morgan fingerprint density at radius 1 is 1.47 bits per heavy atom. The molecule has 0 aromatic carbocycles. The van der Waals surface area contributed by atoms with Crippen molar-refractivity contribution in [3.63, 3.8) is 0 Å². The fourth-order valence-corrected chi connectivity index (χ4v) is 2.91. The van der Waals surface area contributed by atoms with Crippen molar-refractivity contribution in [2.45, 2.75) is 45.7 Å². The zero-order chi connectivity index (χ0) is 13.8. The average Bonchev–Trinajstić information content (AvgIpc) is 2.71. The number of hydrogen-bond donors (Lipinski definition) is 1. The highest BCUT2D eigenvalue weighted by molar-refractivity contribution is 5.23. The van der Waals surface area contributed by atoms with Gasteiger partial charge in [0.2, 0.25) is 0 Å². The Morgan fingerprint density at radius 2 is 2.16 bits per heavy atom. The zero-order valence-electron chi connectivity index (χ0n) is 12.2. The highest BCUT2D eigenvalue weighted by Crippen LogP contribution is 2.23. The number of nitrogens with zero attached hydrogens (tertiary/aromatic N) is 1. The highest BCUT2D eigenvalue weighted by Gasteiger charge is 2.21. The number of piperidine rings is 1. The van der Waals surface area contributed by atoms with Crippen LogP contribution in [0.15, 0.2) is 10.5 Å². The summed E-state index contributed by atoms with van der Waals surface area (Å²) < 4.78 is 5.60. The first-order chi connectivity index (χ1) is 9.10. The van der Waals surface area contributed by atoms with Crippen molar-refractivity contribution in [2.75, 3.05) is 19.6 Å². The van der Waals surface area contributed by atoms with E-state index in [9.17, 15) is 0 Å². The number of likely N-dealkylation sites (tertiary alicyclic amines) is 1. The van der Waals surface area contributed by atoms with Gasteiger partial charge in [-0.2, -0.15) is 0 Å². The Labute approximate surface area is 116 Å². The van der Waals surface area contributed by atoms with E-state index in [4.69, 9.17) is 10.8 Å². The van der Waals surface area contributed by atoms with E-state index in [1.165, 1.54) is 18.4 Å². The Bertz CT molecular complexity index is 450. The monoisotopic (exact) mass is 260 g/mol. The molecule has 0 amide bonds. The molecule has 104 valence electrons. The van der Waals surface area contributed by atoms with Crippen molar-refractivity contribution in [2.24, 2.45) is 0 Å². The maximum absolute atomic E-state index is 5.60. The Hall–Kier alpha value is -1.24. The summed E-state index contributed by atoms with van der Waals surface area (Å²) in [7, 11) is 0.